The first-order chi connectivity index (χ1) is 15.9. The maximum atomic E-state index is 13.7. The fraction of sp³-hybridized carbons (Fsp3) is 0.154. The van der Waals surface area contributed by atoms with E-state index in [4.69, 9.17) is 23.8 Å². The van der Waals surface area contributed by atoms with E-state index in [0.717, 1.165) is 34.0 Å². The Morgan fingerprint density at radius 1 is 0.970 bits per heavy atom. The lowest BCUT2D eigenvalue weighted by atomic mass is 9.96. The molecule has 33 heavy (non-hydrogen) atoms. The Kier molecular flexibility index (Phi) is 5.64. The van der Waals surface area contributed by atoms with Crippen molar-refractivity contribution in [3.63, 3.8) is 0 Å². The zero-order valence-corrected chi connectivity index (χ0v) is 19.7. The number of thiocarbonyl (C=S) groups is 1. The number of benzene rings is 2. The average molecular weight is 477 g/mol. The second-order valence-electron chi connectivity index (χ2n) is 8.11. The Bertz CT molecular complexity index is 1300. The number of aryl methyl sites for hydroxylation is 1. The van der Waals surface area contributed by atoms with E-state index in [0.29, 0.717) is 10.1 Å². The van der Waals surface area contributed by atoms with E-state index in [1.807, 2.05) is 42.5 Å². The summed E-state index contributed by atoms with van der Waals surface area (Å²) in [5, 5.41) is 4.74. The van der Waals surface area contributed by atoms with E-state index in [1.165, 1.54) is 12.1 Å². The number of aromatic nitrogens is 2. The number of nitrogens with one attached hydrogen (secondary N) is 1. The second-order valence-corrected chi connectivity index (χ2v) is 8.93. The molecule has 166 valence electrons. The topological polar surface area (TPSA) is 33.1 Å². The molecule has 1 aliphatic rings. The smallest absolute Gasteiger partial charge is 0.174 e. The number of hydrogen-bond donors (Lipinski definition) is 1. The summed E-state index contributed by atoms with van der Waals surface area (Å²) in [4.78, 5) is 6.67. The third-order valence-corrected chi connectivity index (χ3v) is 6.64. The van der Waals surface area contributed by atoms with Crippen molar-refractivity contribution in [2.75, 3.05) is 4.90 Å². The van der Waals surface area contributed by atoms with E-state index >= 15 is 0 Å². The van der Waals surface area contributed by atoms with Crippen molar-refractivity contribution < 1.29 is 4.39 Å². The van der Waals surface area contributed by atoms with Crippen molar-refractivity contribution in [3.8, 4) is 5.69 Å². The van der Waals surface area contributed by atoms with E-state index in [2.05, 4.69) is 39.7 Å². The Balaban J connectivity index is 1.67. The molecule has 1 fully saturated rings. The number of anilines is 1. The van der Waals surface area contributed by atoms with Crippen LogP contribution in [-0.4, -0.2) is 14.7 Å². The average Bonchev–Trinajstić information content (AvgIpc) is 3.31. The molecule has 1 saturated heterocycles. The molecule has 5 rings (SSSR count). The van der Waals surface area contributed by atoms with Crippen LogP contribution < -0.4 is 10.2 Å². The standard InChI is InChI=1S/C26H22ClFN4S/c1-16-15-22(17(2)31(16)20-10-6-18(27)7-11-20)25-24(23-5-3-4-14-29-23)30-26(33)32(25)21-12-8-19(28)9-13-21/h3-15,24-25H,1-2H3,(H,30,33)/t24-,25-/m0/s1. The van der Waals surface area contributed by atoms with Crippen LogP contribution >= 0.6 is 23.8 Å². The molecule has 0 radical (unpaired) electrons. The minimum Gasteiger partial charge on any atom is -0.351 e. The summed E-state index contributed by atoms with van der Waals surface area (Å²) in [7, 11) is 0. The largest absolute Gasteiger partial charge is 0.351 e. The van der Waals surface area contributed by atoms with Crippen LogP contribution in [-0.2, 0) is 0 Å². The molecule has 4 nitrogen and oxygen atoms in total. The minimum absolute atomic E-state index is 0.162. The summed E-state index contributed by atoms with van der Waals surface area (Å²) in [5.74, 6) is -0.282. The van der Waals surface area contributed by atoms with E-state index in [9.17, 15) is 4.39 Å². The van der Waals surface area contributed by atoms with Crippen LogP contribution in [0.3, 0.4) is 0 Å². The highest BCUT2D eigenvalue weighted by atomic mass is 35.5. The van der Waals surface area contributed by atoms with Crippen LogP contribution in [0, 0.1) is 19.7 Å². The normalized spacial score (nSPS) is 17.9. The second kappa shape index (κ2) is 8.61. The summed E-state index contributed by atoms with van der Waals surface area (Å²) in [5.41, 5.74) is 6.08. The third-order valence-electron chi connectivity index (χ3n) is 6.08. The fourth-order valence-corrected chi connectivity index (χ4v) is 5.10. The monoisotopic (exact) mass is 476 g/mol. The lowest BCUT2D eigenvalue weighted by Gasteiger charge is -2.28. The number of rotatable bonds is 4. The molecule has 0 amide bonds. The fourth-order valence-electron chi connectivity index (χ4n) is 4.63. The lowest BCUT2D eigenvalue weighted by Crippen LogP contribution is -2.29. The summed E-state index contributed by atoms with van der Waals surface area (Å²) in [6.07, 6.45) is 1.79. The Morgan fingerprint density at radius 2 is 1.67 bits per heavy atom. The van der Waals surface area contributed by atoms with Gasteiger partial charge < -0.3 is 14.8 Å². The first kappa shape index (κ1) is 21.6. The van der Waals surface area contributed by atoms with Crippen LogP contribution in [0.25, 0.3) is 5.69 Å². The van der Waals surface area contributed by atoms with Crippen LogP contribution in [0.15, 0.2) is 79.0 Å². The summed E-state index contributed by atoms with van der Waals surface area (Å²) < 4.78 is 15.9. The summed E-state index contributed by atoms with van der Waals surface area (Å²) in [6.45, 7) is 4.19. The van der Waals surface area contributed by atoms with Crippen molar-refractivity contribution in [3.05, 3.63) is 112 Å². The van der Waals surface area contributed by atoms with Crippen LogP contribution in [0.1, 0.15) is 34.7 Å². The molecule has 1 N–H and O–H groups in total. The maximum Gasteiger partial charge on any atom is 0.174 e. The molecular weight excluding hydrogens is 455 g/mol. The van der Waals surface area contributed by atoms with Crippen LogP contribution in [0.5, 0.6) is 0 Å². The number of hydrogen-bond acceptors (Lipinski definition) is 2. The highest BCUT2D eigenvalue weighted by Gasteiger charge is 2.42. The van der Waals surface area contributed by atoms with Gasteiger partial charge in [0.2, 0.25) is 0 Å². The third kappa shape index (κ3) is 3.90. The Labute approximate surface area is 202 Å². The Morgan fingerprint density at radius 3 is 2.33 bits per heavy atom. The molecule has 0 spiro atoms. The van der Waals surface area contributed by atoms with E-state index in [1.54, 1.807) is 18.3 Å². The molecule has 2 aromatic heterocycles. The Hall–Kier alpha value is -3.22. The molecule has 7 heteroatoms. The van der Waals surface area contributed by atoms with Crippen molar-refractivity contribution in [1.29, 1.82) is 0 Å². The highest BCUT2D eigenvalue weighted by molar-refractivity contribution is 7.80. The van der Waals surface area contributed by atoms with Gasteiger partial charge in [0.25, 0.3) is 0 Å². The molecule has 0 saturated carbocycles. The molecule has 3 heterocycles. The van der Waals surface area contributed by atoms with Gasteiger partial charge in [0, 0.05) is 34.0 Å². The van der Waals surface area contributed by atoms with Crippen molar-refractivity contribution in [2.45, 2.75) is 25.9 Å². The first-order valence-electron chi connectivity index (χ1n) is 10.6. The van der Waals surface area contributed by atoms with Gasteiger partial charge in [0.05, 0.1) is 17.8 Å². The van der Waals surface area contributed by atoms with Crippen molar-refractivity contribution >= 4 is 34.6 Å². The molecule has 2 atom stereocenters. The number of halogens is 2. The molecular formula is C26H22ClFN4S. The van der Waals surface area contributed by atoms with Crippen LogP contribution in [0.4, 0.5) is 10.1 Å². The SMILES string of the molecule is Cc1cc([C@H]2[C@H](c3ccccn3)NC(=S)N2c2ccc(F)cc2)c(C)n1-c1ccc(Cl)cc1. The molecule has 0 aliphatic carbocycles. The predicted octanol–water partition coefficient (Wildman–Crippen LogP) is 6.46. The minimum atomic E-state index is -0.282. The van der Waals surface area contributed by atoms with Gasteiger partial charge in [-0.25, -0.2) is 4.39 Å². The number of nitrogens with zero attached hydrogens (tertiary/aromatic N) is 3. The maximum absolute atomic E-state index is 13.7. The molecule has 0 unspecified atom stereocenters. The first-order valence-corrected chi connectivity index (χ1v) is 11.4. The lowest BCUT2D eigenvalue weighted by molar-refractivity contribution is 0.565. The van der Waals surface area contributed by atoms with Gasteiger partial charge >= 0.3 is 0 Å². The molecule has 0 bridgehead atoms. The van der Waals surface area contributed by atoms with Crippen molar-refractivity contribution in [1.82, 2.24) is 14.9 Å². The van der Waals surface area contributed by atoms with Gasteiger partial charge in [0.15, 0.2) is 5.11 Å². The van der Waals surface area contributed by atoms with Gasteiger partial charge in [-0.1, -0.05) is 17.7 Å². The van der Waals surface area contributed by atoms with Crippen LogP contribution in [0.2, 0.25) is 5.02 Å². The molecule has 2 aromatic carbocycles. The van der Waals surface area contributed by atoms with Crippen molar-refractivity contribution in [2.24, 2.45) is 0 Å². The summed E-state index contributed by atoms with van der Waals surface area (Å²) in [6, 6.07) is 22.0. The zero-order chi connectivity index (χ0) is 23.1. The zero-order valence-electron chi connectivity index (χ0n) is 18.2. The highest BCUT2D eigenvalue weighted by Crippen LogP contribution is 2.43. The number of pyridine rings is 1. The molecule has 1 aliphatic heterocycles. The quantitative estimate of drug-likeness (QED) is 0.343. The summed E-state index contributed by atoms with van der Waals surface area (Å²) >= 11 is 11.9. The van der Waals surface area contributed by atoms with Gasteiger partial charge in [-0.2, -0.15) is 0 Å². The van der Waals surface area contributed by atoms with Gasteiger partial charge in [-0.3, -0.25) is 4.98 Å². The van der Waals surface area contributed by atoms with Gasteiger partial charge in [-0.15, -0.1) is 0 Å². The van der Waals surface area contributed by atoms with E-state index in [-0.39, 0.29) is 17.9 Å². The molecule has 4 aromatic rings. The van der Waals surface area contributed by atoms with Gasteiger partial charge in [0.1, 0.15) is 5.82 Å². The predicted molar refractivity (Wildman–Crippen MR) is 135 cm³/mol. The van der Waals surface area contributed by atoms with Gasteiger partial charge in [-0.05, 0) is 98.4 Å². The van der Waals surface area contributed by atoms with E-state index < -0.39 is 0 Å².